The van der Waals surface area contributed by atoms with Gasteiger partial charge in [-0.1, -0.05) is 6.07 Å². The van der Waals surface area contributed by atoms with Gasteiger partial charge in [-0.2, -0.15) is 0 Å². The molecule has 2 rings (SSSR count). The Morgan fingerprint density at radius 1 is 1.24 bits per heavy atom. The molecule has 134 valence electrons. The summed E-state index contributed by atoms with van der Waals surface area (Å²) in [6.07, 6.45) is 0.812. The van der Waals surface area contributed by atoms with Crippen molar-refractivity contribution in [2.45, 2.75) is 26.7 Å². The Morgan fingerprint density at radius 2 is 2.00 bits per heavy atom. The molecule has 0 bridgehead atoms. The maximum Gasteiger partial charge on any atom is 0.341 e. The number of rotatable bonds is 7. The SMILES string of the molecule is COC(=O)c1c(NC(=O)COC(=O)CCc2cccs2)sc(C)c1C. The van der Waals surface area contributed by atoms with Crippen molar-refractivity contribution in [1.29, 1.82) is 0 Å². The van der Waals surface area contributed by atoms with E-state index < -0.39 is 17.8 Å². The maximum absolute atomic E-state index is 12.0. The molecule has 2 heterocycles. The van der Waals surface area contributed by atoms with Gasteiger partial charge in [0.05, 0.1) is 19.1 Å². The summed E-state index contributed by atoms with van der Waals surface area (Å²) in [5.74, 6) is -1.43. The Kier molecular flexibility index (Phi) is 6.72. The van der Waals surface area contributed by atoms with Crippen molar-refractivity contribution >= 4 is 45.5 Å². The van der Waals surface area contributed by atoms with Crippen LogP contribution in [-0.2, 0) is 25.5 Å². The Hall–Kier alpha value is -2.19. The molecule has 6 nitrogen and oxygen atoms in total. The number of esters is 2. The van der Waals surface area contributed by atoms with Gasteiger partial charge >= 0.3 is 11.9 Å². The molecule has 8 heteroatoms. The first-order valence-corrected chi connectivity index (χ1v) is 9.28. The van der Waals surface area contributed by atoms with Crippen LogP contribution in [0.5, 0.6) is 0 Å². The fourth-order valence-electron chi connectivity index (χ4n) is 2.12. The first-order chi connectivity index (χ1) is 11.9. The van der Waals surface area contributed by atoms with Gasteiger partial charge in [0.1, 0.15) is 5.00 Å². The maximum atomic E-state index is 12.0. The van der Waals surface area contributed by atoms with Crippen LogP contribution in [0.3, 0.4) is 0 Å². The Morgan fingerprint density at radius 3 is 2.64 bits per heavy atom. The second-order valence-corrected chi connectivity index (χ2v) is 7.52. The summed E-state index contributed by atoms with van der Waals surface area (Å²) in [6, 6.07) is 3.86. The number of aryl methyl sites for hydroxylation is 2. The largest absolute Gasteiger partial charge is 0.465 e. The van der Waals surface area contributed by atoms with Gasteiger partial charge in [0.2, 0.25) is 0 Å². The molecule has 2 aromatic heterocycles. The highest BCUT2D eigenvalue weighted by Gasteiger charge is 2.21. The minimum atomic E-state index is -0.509. The van der Waals surface area contributed by atoms with Gasteiger partial charge in [-0.3, -0.25) is 9.59 Å². The molecular weight excluding hydrogens is 362 g/mol. The van der Waals surface area contributed by atoms with Gasteiger partial charge in [-0.25, -0.2) is 4.79 Å². The van der Waals surface area contributed by atoms with Gasteiger partial charge in [-0.15, -0.1) is 22.7 Å². The van der Waals surface area contributed by atoms with E-state index in [1.165, 1.54) is 18.4 Å². The molecule has 0 spiro atoms. The Balaban J connectivity index is 1.87. The predicted molar refractivity (Wildman–Crippen MR) is 97.4 cm³/mol. The standard InChI is InChI=1S/C17H19NO5S2/c1-10-11(2)25-16(15(10)17(21)22-3)18-13(19)9-23-14(20)7-6-12-5-4-8-24-12/h4-5,8H,6-7,9H2,1-3H3,(H,18,19). The quantitative estimate of drug-likeness (QED) is 0.744. The minimum absolute atomic E-state index is 0.221. The third kappa shape index (κ3) is 5.14. The number of carbonyl (C=O) groups is 3. The van der Waals surface area contributed by atoms with Gasteiger partial charge in [0.15, 0.2) is 6.61 Å². The predicted octanol–water partition coefficient (Wildman–Crippen LogP) is 3.33. The highest BCUT2D eigenvalue weighted by atomic mass is 32.1. The average molecular weight is 381 g/mol. The van der Waals surface area contributed by atoms with Crippen LogP contribution in [0.25, 0.3) is 0 Å². The Labute approximate surface area is 153 Å². The van der Waals surface area contributed by atoms with Crippen LogP contribution in [0.1, 0.15) is 32.1 Å². The van der Waals surface area contributed by atoms with Crippen molar-refractivity contribution in [3.8, 4) is 0 Å². The molecule has 1 amide bonds. The Bertz CT molecular complexity index is 764. The van der Waals surface area contributed by atoms with Crippen molar-refractivity contribution in [2.24, 2.45) is 0 Å². The zero-order valence-corrected chi connectivity index (χ0v) is 15.8. The van der Waals surface area contributed by atoms with E-state index in [2.05, 4.69) is 5.32 Å². The number of nitrogens with one attached hydrogen (secondary N) is 1. The van der Waals surface area contributed by atoms with Crippen LogP contribution < -0.4 is 5.32 Å². The lowest BCUT2D eigenvalue weighted by Crippen LogP contribution is -2.21. The molecule has 1 N–H and O–H groups in total. The fourth-order valence-corrected chi connectivity index (χ4v) is 3.90. The number of ether oxygens (including phenoxy) is 2. The van der Waals surface area contributed by atoms with Gasteiger partial charge in [-0.05, 0) is 37.3 Å². The summed E-state index contributed by atoms with van der Waals surface area (Å²) in [7, 11) is 1.29. The first kappa shape index (κ1) is 19.1. The van der Waals surface area contributed by atoms with Gasteiger partial charge in [0.25, 0.3) is 5.91 Å². The van der Waals surface area contributed by atoms with E-state index in [1.54, 1.807) is 18.3 Å². The molecule has 25 heavy (non-hydrogen) atoms. The highest BCUT2D eigenvalue weighted by Crippen LogP contribution is 2.32. The van der Waals surface area contributed by atoms with Crippen LogP contribution in [0.15, 0.2) is 17.5 Å². The summed E-state index contributed by atoms with van der Waals surface area (Å²) >= 11 is 2.86. The first-order valence-electron chi connectivity index (χ1n) is 7.58. The third-order valence-electron chi connectivity index (χ3n) is 3.55. The summed E-state index contributed by atoms with van der Waals surface area (Å²) < 4.78 is 9.73. The molecule has 0 unspecified atom stereocenters. The lowest BCUT2D eigenvalue weighted by molar-refractivity contribution is -0.147. The van der Waals surface area contributed by atoms with Crippen LogP contribution in [0.4, 0.5) is 5.00 Å². The lowest BCUT2D eigenvalue weighted by Gasteiger charge is -2.07. The second kappa shape index (κ2) is 8.77. The molecule has 0 fully saturated rings. The summed E-state index contributed by atoms with van der Waals surface area (Å²) in [5.41, 5.74) is 1.10. The number of hydrogen-bond donors (Lipinski definition) is 1. The van der Waals surface area contributed by atoms with Crippen LogP contribution >= 0.6 is 22.7 Å². The summed E-state index contributed by atoms with van der Waals surface area (Å²) in [6.45, 7) is 3.25. The van der Waals surface area contributed by atoms with Crippen molar-refractivity contribution in [2.75, 3.05) is 19.0 Å². The van der Waals surface area contributed by atoms with Crippen molar-refractivity contribution < 1.29 is 23.9 Å². The van der Waals surface area contributed by atoms with Gasteiger partial charge < -0.3 is 14.8 Å². The molecule has 0 saturated heterocycles. The van der Waals surface area contributed by atoms with Crippen molar-refractivity contribution in [1.82, 2.24) is 0 Å². The summed E-state index contributed by atoms with van der Waals surface area (Å²) in [4.78, 5) is 37.6. The fraction of sp³-hybridized carbons (Fsp3) is 0.353. The lowest BCUT2D eigenvalue weighted by atomic mass is 10.1. The molecule has 0 aliphatic heterocycles. The van der Waals surface area contributed by atoms with Crippen molar-refractivity contribution in [3.05, 3.63) is 38.4 Å². The number of methoxy groups -OCH3 is 1. The van der Waals surface area contributed by atoms with Crippen LogP contribution in [-0.4, -0.2) is 31.6 Å². The third-order valence-corrected chi connectivity index (χ3v) is 5.61. The average Bonchev–Trinajstić information content (AvgIpc) is 3.19. The van der Waals surface area contributed by atoms with E-state index in [4.69, 9.17) is 9.47 Å². The normalized spacial score (nSPS) is 10.4. The summed E-state index contributed by atoms with van der Waals surface area (Å²) in [5, 5.41) is 4.96. The molecule has 0 aromatic carbocycles. The van der Waals surface area contributed by atoms with E-state index in [0.717, 1.165) is 15.3 Å². The second-order valence-electron chi connectivity index (χ2n) is 5.27. The molecule has 0 aliphatic rings. The van der Waals surface area contributed by atoms with E-state index in [0.29, 0.717) is 17.0 Å². The van der Waals surface area contributed by atoms with E-state index in [9.17, 15) is 14.4 Å². The molecule has 0 atom stereocenters. The number of hydrogen-bond acceptors (Lipinski definition) is 7. The topological polar surface area (TPSA) is 81.7 Å². The van der Waals surface area contributed by atoms with Crippen molar-refractivity contribution in [3.63, 3.8) is 0 Å². The molecule has 0 saturated carbocycles. The monoisotopic (exact) mass is 381 g/mol. The number of carbonyl (C=O) groups excluding carboxylic acids is 3. The minimum Gasteiger partial charge on any atom is -0.465 e. The highest BCUT2D eigenvalue weighted by molar-refractivity contribution is 7.16. The molecular formula is C17H19NO5S2. The zero-order valence-electron chi connectivity index (χ0n) is 14.2. The van der Waals surface area contributed by atoms with E-state index in [-0.39, 0.29) is 13.0 Å². The smallest absolute Gasteiger partial charge is 0.341 e. The molecule has 2 aromatic rings. The van der Waals surface area contributed by atoms with Crippen LogP contribution in [0, 0.1) is 13.8 Å². The zero-order chi connectivity index (χ0) is 18.4. The molecule has 0 radical (unpaired) electrons. The number of anilines is 1. The van der Waals surface area contributed by atoms with Gasteiger partial charge in [0, 0.05) is 9.75 Å². The molecule has 0 aliphatic carbocycles. The number of thiophene rings is 2. The van der Waals surface area contributed by atoms with Crippen LogP contribution in [0.2, 0.25) is 0 Å². The number of amides is 1. The van der Waals surface area contributed by atoms with E-state index in [1.807, 2.05) is 24.4 Å². The van der Waals surface area contributed by atoms with E-state index >= 15 is 0 Å².